The number of rotatable bonds is 6. The van der Waals surface area contributed by atoms with E-state index in [1.165, 1.54) is 18.4 Å². The van der Waals surface area contributed by atoms with Crippen molar-refractivity contribution in [3.05, 3.63) is 65.0 Å². The zero-order valence-corrected chi connectivity index (χ0v) is 18.3. The Morgan fingerprint density at radius 1 is 1.00 bits per heavy atom. The van der Waals surface area contributed by atoms with Crippen molar-refractivity contribution in [2.75, 3.05) is 27.3 Å². The van der Waals surface area contributed by atoms with Crippen LogP contribution in [-0.2, 0) is 6.54 Å². The Hall–Kier alpha value is -2.79. The van der Waals surface area contributed by atoms with Crippen molar-refractivity contribution < 1.29 is 13.9 Å². The Morgan fingerprint density at radius 3 is 2.40 bits per heavy atom. The molecule has 30 heavy (non-hydrogen) atoms. The maximum atomic E-state index is 6.05. The summed E-state index contributed by atoms with van der Waals surface area (Å²) in [5.74, 6) is 3.66. The molecule has 3 aromatic rings. The molecule has 2 heterocycles. The molecule has 0 aliphatic carbocycles. The summed E-state index contributed by atoms with van der Waals surface area (Å²) in [5, 5.41) is 0. The summed E-state index contributed by atoms with van der Waals surface area (Å²) >= 11 is 0. The third kappa shape index (κ3) is 4.08. The van der Waals surface area contributed by atoms with Crippen LogP contribution in [0.5, 0.6) is 11.5 Å². The van der Waals surface area contributed by atoms with Crippen molar-refractivity contribution in [1.82, 2.24) is 9.88 Å². The average molecular weight is 407 g/mol. The van der Waals surface area contributed by atoms with Crippen LogP contribution in [-0.4, -0.2) is 37.2 Å². The molecule has 1 aliphatic heterocycles. The summed E-state index contributed by atoms with van der Waals surface area (Å²) in [7, 11) is 3.33. The second kappa shape index (κ2) is 8.92. The van der Waals surface area contributed by atoms with E-state index >= 15 is 0 Å². The van der Waals surface area contributed by atoms with Gasteiger partial charge in [-0.25, -0.2) is 4.98 Å². The fourth-order valence-corrected chi connectivity index (χ4v) is 4.38. The Morgan fingerprint density at radius 2 is 1.73 bits per heavy atom. The monoisotopic (exact) mass is 406 g/mol. The molecule has 0 atom stereocenters. The van der Waals surface area contributed by atoms with E-state index in [1.807, 2.05) is 26.0 Å². The van der Waals surface area contributed by atoms with E-state index in [9.17, 15) is 0 Å². The molecular weight excluding hydrogens is 376 g/mol. The second-order valence-corrected chi connectivity index (χ2v) is 7.96. The molecule has 5 nitrogen and oxygen atoms in total. The van der Waals surface area contributed by atoms with Crippen LogP contribution in [0.1, 0.15) is 41.3 Å². The van der Waals surface area contributed by atoms with E-state index < -0.39 is 0 Å². The summed E-state index contributed by atoms with van der Waals surface area (Å²) < 4.78 is 17.1. The number of piperidine rings is 1. The quantitative estimate of drug-likeness (QED) is 0.552. The van der Waals surface area contributed by atoms with Gasteiger partial charge in [-0.3, -0.25) is 4.90 Å². The Labute approximate surface area is 178 Å². The van der Waals surface area contributed by atoms with Crippen LogP contribution in [0.2, 0.25) is 0 Å². The number of benzene rings is 2. The van der Waals surface area contributed by atoms with Gasteiger partial charge in [0.1, 0.15) is 17.3 Å². The first kappa shape index (κ1) is 20.5. The number of aryl methyl sites for hydroxylation is 1. The highest BCUT2D eigenvalue weighted by Gasteiger charge is 2.23. The lowest BCUT2D eigenvalue weighted by atomic mass is 9.89. The summed E-state index contributed by atoms with van der Waals surface area (Å²) in [4.78, 5) is 7.30. The van der Waals surface area contributed by atoms with Crippen LogP contribution in [0.4, 0.5) is 0 Å². The highest BCUT2D eigenvalue weighted by molar-refractivity contribution is 5.68. The fourth-order valence-electron chi connectivity index (χ4n) is 4.38. The molecule has 4 rings (SSSR count). The molecule has 0 unspecified atom stereocenters. The average Bonchev–Trinajstić information content (AvgIpc) is 3.14. The van der Waals surface area contributed by atoms with Crippen molar-refractivity contribution in [1.29, 1.82) is 0 Å². The van der Waals surface area contributed by atoms with Crippen LogP contribution in [0.15, 0.2) is 46.9 Å². The van der Waals surface area contributed by atoms with Crippen LogP contribution >= 0.6 is 0 Å². The van der Waals surface area contributed by atoms with Crippen molar-refractivity contribution in [2.45, 2.75) is 39.2 Å². The van der Waals surface area contributed by atoms with Crippen molar-refractivity contribution in [2.24, 2.45) is 0 Å². The van der Waals surface area contributed by atoms with E-state index in [-0.39, 0.29) is 0 Å². The SMILES string of the molecule is COc1ccc(-c2nc(CN3CCC(c4ccccc4)CC3)c(C)o2)c(OC)c1C. The normalized spacial score (nSPS) is 15.3. The molecule has 2 aromatic carbocycles. The maximum Gasteiger partial charge on any atom is 0.230 e. The lowest BCUT2D eigenvalue weighted by Crippen LogP contribution is -2.32. The molecule has 0 saturated carbocycles. The number of likely N-dealkylation sites (tertiary alicyclic amines) is 1. The largest absolute Gasteiger partial charge is 0.496 e. The summed E-state index contributed by atoms with van der Waals surface area (Å²) in [6.07, 6.45) is 2.36. The van der Waals surface area contributed by atoms with Gasteiger partial charge in [0.05, 0.1) is 25.5 Å². The second-order valence-electron chi connectivity index (χ2n) is 7.96. The molecule has 0 radical (unpaired) electrons. The molecule has 5 heteroatoms. The molecule has 158 valence electrons. The van der Waals surface area contributed by atoms with Gasteiger partial charge in [0.25, 0.3) is 0 Å². The van der Waals surface area contributed by atoms with Crippen molar-refractivity contribution in [3.63, 3.8) is 0 Å². The van der Waals surface area contributed by atoms with Gasteiger partial charge in [0.2, 0.25) is 5.89 Å². The van der Waals surface area contributed by atoms with E-state index in [1.54, 1.807) is 14.2 Å². The number of hydrogen-bond donors (Lipinski definition) is 0. The van der Waals surface area contributed by atoms with Crippen LogP contribution in [0.25, 0.3) is 11.5 Å². The Bertz CT molecular complexity index is 989. The summed E-state index contributed by atoms with van der Waals surface area (Å²) in [5.41, 5.74) is 4.25. The van der Waals surface area contributed by atoms with E-state index in [0.717, 1.165) is 53.7 Å². The highest BCUT2D eigenvalue weighted by Crippen LogP contribution is 2.38. The van der Waals surface area contributed by atoms with Crippen LogP contribution in [0.3, 0.4) is 0 Å². The lowest BCUT2D eigenvalue weighted by molar-refractivity contribution is 0.202. The summed E-state index contributed by atoms with van der Waals surface area (Å²) in [6.45, 7) is 6.94. The molecular formula is C25H30N2O3. The van der Waals surface area contributed by atoms with E-state index in [0.29, 0.717) is 11.8 Å². The van der Waals surface area contributed by atoms with Gasteiger partial charge in [-0.1, -0.05) is 30.3 Å². The maximum absolute atomic E-state index is 6.05. The minimum absolute atomic E-state index is 0.601. The fraction of sp³-hybridized carbons (Fsp3) is 0.400. The first-order chi connectivity index (χ1) is 14.6. The van der Waals surface area contributed by atoms with Gasteiger partial charge in [0, 0.05) is 12.1 Å². The van der Waals surface area contributed by atoms with Gasteiger partial charge in [-0.15, -0.1) is 0 Å². The third-order valence-electron chi connectivity index (χ3n) is 6.14. The molecule has 1 aliphatic rings. The first-order valence-corrected chi connectivity index (χ1v) is 10.6. The molecule has 0 N–H and O–H groups in total. The lowest BCUT2D eigenvalue weighted by Gasteiger charge is -2.31. The number of aromatic nitrogens is 1. The van der Waals surface area contributed by atoms with Gasteiger partial charge < -0.3 is 13.9 Å². The van der Waals surface area contributed by atoms with Gasteiger partial charge in [0.15, 0.2) is 0 Å². The molecule has 1 saturated heterocycles. The number of ether oxygens (including phenoxy) is 2. The molecule has 0 amide bonds. The Kier molecular flexibility index (Phi) is 6.09. The van der Waals surface area contributed by atoms with Gasteiger partial charge >= 0.3 is 0 Å². The summed E-state index contributed by atoms with van der Waals surface area (Å²) in [6, 6.07) is 14.7. The smallest absolute Gasteiger partial charge is 0.230 e. The molecule has 1 aromatic heterocycles. The molecule has 0 bridgehead atoms. The minimum Gasteiger partial charge on any atom is -0.496 e. The van der Waals surface area contributed by atoms with Crippen LogP contribution in [0, 0.1) is 13.8 Å². The van der Waals surface area contributed by atoms with E-state index in [2.05, 4.69) is 35.2 Å². The minimum atomic E-state index is 0.601. The van der Waals surface area contributed by atoms with Crippen molar-refractivity contribution in [3.8, 4) is 23.0 Å². The zero-order chi connectivity index (χ0) is 21.1. The topological polar surface area (TPSA) is 47.7 Å². The number of nitrogens with zero attached hydrogens (tertiary/aromatic N) is 2. The van der Waals surface area contributed by atoms with Crippen molar-refractivity contribution >= 4 is 0 Å². The standard InChI is InChI=1S/C25H30N2O3/c1-17-23(28-3)11-10-21(24(17)29-4)25-26-22(18(2)30-25)16-27-14-12-20(13-15-27)19-8-6-5-7-9-19/h5-11,20H,12-16H2,1-4H3. The van der Waals surface area contributed by atoms with Gasteiger partial charge in [-0.2, -0.15) is 0 Å². The zero-order valence-electron chi connectivity index (χ0n) is 18.3. The molecule has 1 fully saturated rings. The van der Waals surface area contributed by atoms with E-state index in [4.69, 9.17) is 18.9 Å². The number of methoxy groups -OCH3 is 2. The predicted octanol–water partition coefficient (Wildman–Crippen LogP) is 5.36. The predicted molar refractivity (Wildman–Crippen MR) is 118 cm³/mol. The number of hydrogen-bond acceptors (Lipinski definition) is 5. The number of oxazole rings is 1. The highest BCUT2D eigenvalue weighted by atomic mass is 16.5. The van der Waals surface area contributed by atoms with Gasteiger partial charge in [-0.05, 0) is 63.4 Å². The molecule has 0 spiro atoms. The van der Waals surface area contributed by atoms with Crippen LogP contribution < -0.4 is 9.47 Å². The first-order valence-electron chi connectivity index (χ1n) is 10.6. The third-order valence-corrected chi connectivity index (χ3v) is 6.14. The Balaban J connectivity index is 1.47.